The first-order valence-electron chi connectivity index (χ1n) is 8.28. The lowest BCUT2D eigenvalue weighted by Crippen LogP contribution is -2.48. The van der Waals surface area contributed by atoms with Crippen LogP contribution in [0.15, 0.2) is 54.6 Å². The molecule has 0 radical (unpaired) electrons. The summed E-state index contributed by atoms with van der Waals surface area (Å²) in [6.45, 7) is 4.42. The van der Waals surface area contributed by atoms with Gasteiger partial charge in [-0.2, -0.15) is 0 Å². The number of benzene rings is 2. The molecule has 24 heavy (non-hydrogen) atoms. The largest absolute Gasteiger partial charge is 0.478 e. The normalized spacial score (nSPS) is 17.8. The third-order valence-corrected chi connectivity index (χ3v) is 4.65. The van der Waals surface area contributed by atoms with Crippen LogP contribution in [0.5, 0.6) is 5.75 Å². The van der Waals surface area contributed by atoms with Crippen LogP contribution in [0.1, 0.15) is 38.3 Å². The van der Waals surface area contributed by atoms with Crippen LogP contribution in [0.25, 0.3) is 0 Å². The Labute approximate surface area is 148 Å². The molecule has 1 aliphatic heterocycles. The van der Waals surface area contributed by atoms with Gasteiger partial charge in [-0.25, -0.2) is 0 Å². The van der Waals surface area contributed by atoms with Crippen molar-refractivity contribution in [3.63, 3.8) is 0 Å². The number of likely N-dealkylation sites (tertiary alicyclic amines) is 1. The zero-order chi connectivity index (χ0) is 17.2. The Kier molecular flexibility index (Phi) is 4.81. The van der Waals surface area contributed by atoms with Crippen molar-refractivity contribution in [3.8, 4) is 5.75 Å². The summed E-state index contributed by atoms with van der Waals surface area (Å²) in [6, 6.07) is 17.4. The van der Waals surface area contributed by atoms with Crippen LogP contribution in [-0.2, 0) is 4.79 Å². The molecule has 1 fully saturated rings. The molecule has 126 valence electrons. The molecule has 1 heterocycles. The number of carbonyl (C=O) groups is 1. The molecule has 0 saturated carbocycles. The predicted molar refractivity (Wildman–Crippen MR) is 96.3 cm³/mol. The molecule has 0 N–H and O–H groups in total. The molecular formula is C20H22ClNO2. The van der Waals surface area contributed by atoms with E-state index in [0.29, 0.717) is 10.8 Å². The summed E-state index contributed by atoms with van der Waals surface area (Å²) in [7, 11) is 0. The third kappa shape index (κ3) is 3.57. The maximum atomic E-state index is 13.1. The van der Waals surface area contributed by atoms with Gasteiger partial charge < -0.3 is 9.64 Å². The fourth-order valence-electron chi connectivity index (χ4n) is 3.22. The highest BCUT2D eigenvalue weighted by Crippen LogP contribution is 2.34. The number of rotatable bonds is 4. The van der Waals surface area contributed by atoms with Crippen molar-refractivity contribution in [2.24, 2.45) is 0 Å². The second kappa shape index (κ2) is 6.86. The van der Waals surface area contributed by atoms with Crippen molar-refractivity contribution in [1.29, 1.82) is 0 Å². The Bertz CT molecular complexity index is 697. The topological polar surface area (TPSA) is 29.5 Å². The third-order valence-electron chi connectivity index (χ3n) is 4.40. The van der Waals surface area contributed by atoms with E-state index in [1.807, 2.05) is 36.9 Å². The van der Waals surface area contributed by atoms with Crippen molar-refractivity contribution in [2.75, 3.05) is 6.54 Å². The van der Waals surface area contributed by atoms with Crippen molar-refractivity contribution in [1.82, 2.24) is 4.90 Å². The molecule has 3 rings (SSSR count). The molecule has 0 aliphatic carbocycles. The van der Waals surface area contributed by atoms with Crippen molar-refractivity contribution in [2.45, 2.75) is 38.3 Å². The number of ether oxygens (including phenoxy) is 1. The van der Waals surface area contributed by atoms with Crippen LogP contribution >= 0.6 is 11.6 Å². The Balaban J connectivity index is 1.77. The number of nitrogens with zero attached hydrogens (tertiary/aromatic N) is 1. The minimum Gasteiger partial charge on any atom is -0.478 e. The van der Waals surface area contributed by atoms with Gasteiger partial charge in [0.1, 0.15) is 5.75 Å². The van der Waals surface area contributed by atoms with E-state index in [0.717, 1.165) is 19.4 Å². The van der Waals surface area contributed by atoms with E-state index in [4.69, 9.17) is 16.3 Å². The number of hydrogen-bond acceptors (Lipinski definition) is 2. The van der Waals surface area contributed by atoms with Crippen LogP contribution in [0, 0.1) is 0 Å². The highest BCUT2D eigenvalue weighted by atomic mass is 35.5. The Morgan fingerprint density at radius 2 is 1.79 bits per heavy atom. The lowest BCUT2D eigenvalue weighted by molar-refractivity contribution is -0.146. The first kappa shape index (κ1) is 16.8. The van der Waals surface area contributed by atoms with Crippen molar-refractivity contribution < 1.29 is 9.53 Å². The monoisotopic (exact) mass is 343 g/mol. The molecule has 2 aromatic rings. The van der Waals surface area contributed by atoms with Gasteiger partial charge >= 0.3 is 0 Å². The highest BCUT2D eigenvalue weighted by Gasteiger charge is 2.39. The highest BCUT2D eigenvalue weighted by molar-refractivity contribution is 6.30. The van der Waals surface area contributed by atoms with Gasteiger partial charge in [0, 0.05) is 11.6 Å². The molecule has 1 aliphatic rings. The fraction of sp³-hybridized carbons (Fsp3) is 0.350. The standard InChI is InChI=1S/C20H22ClNO2/c1-20(2,24-17-12-10-16(21)11-13-17)19(23)22-14-6-9-18(22)15-7-4-3-5-8-15/h3-5,7-8,10-13,18H,6,9,14H2,1-2H3/t18-/m0/s1. The molecule has 0 unspecified atom stereocenters. The van der Waals surface area contributed by atoms with Gasteiger partial charge in [0.2, 0.25) is 0 Å². The van der Waals surface area contributed by atoms with E-state index in [-0.39, 0.29) is 11.9 Å². The quantitative estimate of drug-likeness (QED) is 0.793. The van der Waals surface area contributed by atoms with E-state index < -0.39 is 5.60 Å². The summed E-state index contributed by atoms with van der Waals surface area (Å²) >= 11 is 5.91. The Morgan fingerprint density at radius 1 is 1.12 bits per heavy atom. The number of amides is 1. The van der Waals surface area contributed by atoms with E-state index in [1.165, 1.54) is 5.56 Å². The van der Waals surface area contributed by atoms with Crippen LogP contribution in [0.2, 0.25) is 5.02 Å². The summed E-state index contributed by atoms with van der Waals surface area (Å²) in [6.07, 6.45) is 2.01. The zero-order valence-corrected chi connectivity index (χ0v) is 14.8. The summed E-state index contributed by atoms with van der Waals surface area (Å²) in [4.78, 5) is 15.0. The molecule has 3 nitrogen and oxygen atoms in total. The lowest BCUT2D eigenvalue weighted by atomic mass is 10.0. The summed E-state index contributed by atoms with van der Waals surface area (Å²) in [5.41, 5.74) is 0.260. The summed E-state index contributed by atoms with van der Waals surface area (Å²) < 4.78 is 5.97. The van der Waals surface area contributed by atoms with E-state index >= 15 is 0 Å². The lowest BCUT2D eigenvalue weighted by Gasteiger charge is -2.33. The van der Waals surface area contributed by atoms with Gasteiger partial charge in [-0.15, -0.1) is 0 Å². The SMILES string of the molecule is CC(C)(Oc1ccc(Cl)cc1)C(=O)N1CCC[C@H]1c1ccccc1. The average molecular weight is 344 g/mol. The van der Waals surface area contributed by atoms with Crippen LogP contribution < -0.4 is 4.74 Å². The first-order chi connectivity index (χ1) is 11.5. The van der Waals surface area contributed by atoms with E-state index in [9.17, 15) is 4.79 Å². The molecule has 2 aromatic carbocycles. The zero-order valence-electron chi connectivity index (χ0n) is 14.0. The van der Waals surface area contributed by atoms with E-state index in [2.05, 4.69) is 12.1 Å². The van der Waals surface area contributed by atoms with Crippen LogP contribution in [0.4, 0.5) is 0 Å². The second-order valence-electron chi connectivity index (χ2n) is 6.63. The molecule has 1 atom stereocenters. The van der Waals surface area contributed by atoms with Gasteiger partial charge in [0.05, 0.1) is 6.04 Å². The van der Waals surface area contributed by atoms with Crippen molar-refractivity contribution in [3.05, 3.63) is 65.2 Å². The van der Waals surface area contributed by atoms with Gasteiger partial charge in [0.15, 0.2) is 5.60 Å². The molecule has 0 spiro atoms. The fourth-order valence-corrected chi connectivity index (χ4v) is 3.34. The summed E-state index contributed by atoms with van der Waals surface area (Å²) in [5, 5.41) is 0.648. The molecule has 1 saturated heterocycles. The van der Waals surface area contributed by atoms with Gasteiger partial charge in [-0.05, 0) is 56.5 Å². The van der Waals surface area contributed by atoms with Gasteiger partial charge in [-0.3, -0.25) is 4.79 Å². The molecule has 4 heteroatoms. The molecule has 0 aromatic heterocycles. The Morgan fingerprint density at radius 3 is 2.46 bits per heavy atom. The number of hydrogen-bond donors (Lipinski definition) is 0. The Hall–Kier alpha value is -2.00. The summed E-state index contributed by atoms with van der Waals surface area (Å²) in [5.74, 6) is 0.664. The minimum atomic E-state index is -0.925. The first-order valence-corrected chi connectivity index (χ1v) is 8.66. The maximum Gasteiger partial charge on any atom is 0.266 e. The minimum absolute atomic E-state index is 0.0174. The van der Waals surface area contributed by atoms with Crippen molar-refractivity contribution >= 4 is 17.5 Å². The average Bonchev–Trinajstić information content (AvgIpc) is 3.06. The molecular weight excluding hydrogens is 322 g/mol. The van der Waals surface area contributed by atoms with Crippen LogP contribution in [-0.4, -0.2) is 23.0 Å². The molecule has 0 bridgehead atoms. The van der Waals surface area contributed by atoms with E-state index in [1.54, 1.807) is 24.3 Å². The second-order valence-corrected chi connectivity index (χ2v) is 7.07. The van der Waals surface area contributed by atoms with Gasteiger partial charge in [-0.1, -0.05) is 41.9 Å². The van der Waals surface area contributed by atoms with Crippen LogP contribution in [0.3, 0.4) is 0 Å². The molecule has 1 amide bonds. The van der Waals surface area contributed by atoms with Gasteiger partial charge in [0.25, 0.3) is 5.91 Å². The predicted octanol–water partition coefficient (Wildman–Crippen LogP) is 4.86. The maximum absolute atomic E-state index is 13.1. The smallest absolute Gasteiger partial charge is 0.266 e. The number of carbonyl (C=O) groups excluding carboxylic acids is 1. The number of halogens is 1.